The number of nitrogens with one attached hydrogen (secondary N) is 2. The van der Waals surface area contributed by atoms with Gasteiger partial charge in [0, 0.05) is 37.7 Å². The molecular formula is C23H30N4O5. The van der Waals surface area contributed by atoms with E-state index in [-0.39, 0.29) is 41.5 Å². The summed E-state index contributed by atoms with van der Waals surface area (Å²) in [4.78, 5) is 53.6. The average Bonchev–Trinajstić information content (AvgIpc) is 2.80. The van der Waals surface area contributed by atoms with Gasteiger partial charge < -0.3 is 15.3 Å². The maximum atomic E-state index is 12.8. The van der Waals surface area contributed by atoms with Crippen LogP contribution in [0, 0.1) is 11.8 Å². The number of rotatable bonds is 5. The molecule has 1 atom stereocenters. The van der Waals surface area contributed by atoms with Gasteiger partial charge in [-0.25, -0.2) is 4.98 Å². The van der Waals surface area contributed by atoms with Gasteiger partial charge in [-0.1, -0.05) is 6.07 Å². The first kappa shape index (κ1) is 22.2. The summed E-state index contributed by atoms with van der Waals surface area (Å²) in [5, 5.41) is 14.9. The Hall–Kier alpha value is -2.97. The van der Waals surface area contributed by atoms with E-state index in [9.17, 15) is 19.2 Å². The van der Waals surface area contributed by atoms with Gasteiger partial charge in [-0.15, -0.1) is 0 Å². The maximum Gasteiger partial charge on any atom is 0.306 e. The van der Waals surface area contributed by atoms with E-state index in [1.807, 2.05) is 17.0 Å². The highest BCUT2D eigenvalue weighted by atomic mass is 16.4. The number of carbonyl (C=O) groups is 4. The summed E-state index contributed by atoms with van der Waals surface area (Å²) < 4.78 is 0. The molecule has 3 amide bonds. The molecule has 9 nitrogen and oxygen atoms in total. The summed E-state index contributed by atoms with van der Waals surface area (Å²) in [5.41, 5.74) is 0.804. The fourth-order valence-electron chi connectivity index (χ4n) is 5.01. The molecule has 0 aromatic carbocycles. The molecule has 3 heterocycles. The molecule has 2 saturated heterocycles. The van der Waals surface area contributed by atoms with E-state index >= 15 is 0 Å². The third kappa shape index (κ3) is 5.08. The zero-order valence-electron chi connectivity index (χ0n) is 18.1. The number of amides is 3. The molecule has 1 aliphatic carbocycles. The Bertz CT molecular complexity index is 871. The van der Waals surface area contributed by atoms with Gasteiger partial charge in [0.2, 0.25) is 17.7 Å². The number of carboxylic acids is 1. The standard InChI is InChI=1S/C23H30N4O5/c28-20-8-6-18(21(29)26-20)16-5-7-19(24-13-16)25-17-9-11-27(12-10-17)22(30)14-1-3-15(4-2-14)23(31)32/h5,7,13-15,17-18H,1-4,6,8-12H2,(H,24,25)(H,31,32)(H,26,28,29)/t14?,15?,18-/m1/s1. The van der Waals surface area contributed by atoms with Crippen molar-refractivity contribution < 1.29 is 24.3 Å². The molecule has 9 heteroatoms. The summed E-state index contributed by atoms with van der Waals surface area (Å²) in [6.45, 7) is 1.37. The second kappa shape index (κ2) is 9.67. The molecule has 3 aliphatic rings. The van der Waals surface area contributed by atoms with Crippen molar-refractivity contribution in [1.29, 1.82) is 0 Å². The van der Waals surface area contributed by atoms with Gasteiger partial charge >= 0.3 is 5.97 Å². The molecule has 2 aliphatic heterocycles. The van der Waals surface area contributed by atoms with E-state index in [4.69, 9.17) is 5.11 Å². The summed E-state index contributed by atoms with van der Waals surface area (Å²) in [7, 11) is 0. The number of carboxylic acid groups (broad SMARTS) is 1. The Balaban J connectivity index is 1.24. The fraction of sp³-hybridized carbons (Fsp3) is 0.609. The van der Waals surface area contributed by atoms with E-state index < -0.39 is 5.97 Å². The number of imide groups is 1. The van der Waals surface area contributed by atoms with Crippen LogP contribution in [0.2, 0.25) is 0 Å². The number of carbonyl (C=O) groups excluding carboxylic acids is 3. The van der Waals surface area contributed by atoms with E-state index in [0.717, 1.165) is 24.2 Å². The highest BCUT2D eigenvalue weighted by Gasteiger charge is 2.33. The average molecular weight is 443 g/mol. The van der Waals surface area contributed by atoms with Crippen molar-refractivity contribution in [2.75, 3.05) is 18.4 Å². The van der Waals surface area contributed by atoms with Crippen LogP contribution in [0.15, 0.2) is 18.3 Å². The number of nitrogens with zero attached hydrogens (tertiary/aromatic N) is 2. The lowest BCUT2D eigenvalue weighted by Crippen LogP contribution is -2.45. The zero-order chi connectivity index (χ0) is 22.7. The fourth-order valence-corrected chi connectivity index (χ4v) is 5.01. The predicted molar refractivity (Wildman–Crippen MR) is 116 cm³/mol. The first-order valence-corrected chi connectivity index (χ1v) is 11.5. The van der Waals surface area contributed by atoms with Crippen molar-refractivity contribution in [3.05, 3.63) is 23.9 Å². The van der Waals surface area contributed by atoms with Crippen LogP contribution in [0.3, 0.4) is 0 Å². The van der Waals surface area contributed by atoms with Gasteiger partial charge in [-0.2, -0.15) is 0 Å². The molecule has 4 rings (SSSR count). The van der Waals surface area contributed by atoms with Crippen LogP contribution in [-0.2, 0) is 19.2 Å². The lowest BCUT2D eigenvalue weighted by molar-refractivity contribution is -0.146. The van der Waals surface area contributed by atoms with Crippen LogP contribution in [-0.4, -0.2) is 57.8 Å². The quantitative estimate of drug-likeness (QED) is 0.594. The monoisotopic (exact) mass is 442 g/mol. The van der Waals surface area contributed by atoms with Gasteiger partial charge in [0.1, 0.15) is 5.82 Å². The van der Waals surface area contributed by atoms with Gasteiger partial charge in [0.05, 0.1) is 11.8 Å². The third-order valence-electron chi connectivity index (χ3n) is 7.01. The molecule has 32 heavy (non-hydrogen) atoms. The summed E-state index contributed by atoms with van der Waals surface area (Å²) in [5.74, 6) is -1.03. The molecule has 1 aromatic rings. The molecule has 3 N–H and O–H groups in total. The van der Waals surface area contributed by atoms with E-state index in [1.165, 1.54) is 0 Å². The van der Waals surface area contributed by atoms with Crippen molar-refractivity contribution in [2.24, 2.45) is 11.8 Å². The minimum absolute atomic E-state index is 0.0448. The molecular weight excluding hydrogens is 412 g/mol. The summed E-state index contributed by atoms with van der Waals surface area (Å²) in [6, 6.07) is 3.95. The number of pyridine rings is 1. The molecule has 0 radical (unpaired) electrons. The van der Waals surface area contributed by atoms with Crippen molar-refractivity contribution in [2.45, 2.75) is 63.3 Å². The number of aromatic nitrogens is 1. The Labute approximate surface area is 187 Å². The van der Waals surface area contributed by atoms with E-state index in [1.54, 1.807) is 6.20 Å². The second-order valence-corrected chi connectivity index (χ2v) is 9.11. The van der Waals surface area contributed by atoms with Gasteiger partial charge in [-0.3, -0.25) is 24.5 Å². The number of aliphatic carboxylic acids is 1. The van der Waals surface area contributed by atoms with Crippen LogP contribution >= 0.6 is 0 Å². The molecule has 0 spiro atoms. The molecule has 0 bridgehead atoms. The van der Waals surface area contributed by atoms with Gasteiger partial charge in [0.15, 0.2) is 0 Å². The van der Waals surface area contributed by atoms with Crippen LogP contribution in [0.5, 0.6) is 0 Å². The SMILES string of the molecule is O=C1CC[C@H](c2ccc(NC3CCN(C(=O)C4CCC(C(=O)O)CC4)CC3)nc2)C(=O)N1. The molecule has 3 fully saturated rings. The van der Waals surface area contributed by atoms with Crippen LogP contribution < -0.4 is 10.6 Å². The summed E-state index contributed by atoms with van der Waals surface area (Å²) >= 11 is 0. The minimum atomic E-state index is -0.749. The lowest BCUT2D eigenvalue weighted by Gasteiger charge is -2.36. The van der Waals surface area contributed by atoms with Gasteiger partial charge in [-0.05, 0) is 56.6 Å². The molecule has 172 valence electrons. The Morgan fingerprint density at radius 3 is 2.28 bits per heavy atom. The predicted octanol–water partition coefficient (Wildman–Crippen LogP) is 1.90. The minimum Gasteiger partial charge on any atom is -0.481 e. The molecule has 0 unspecified atom stereocenters. The highest BCUT2D eigenvalue weighted by molar-refractivity contribution is 6.00. The van der Waals surface area contributed by atoms with E-state index in [0.29, 0.717) is 51.6 Å². The van der Waals surface area contributed by atoms with Crippen molar-refractivity contribution >= 4 is 29.5 Å². The number of hydrogen-bond donors (Lipinski definition) is 3. The van der Waals surface area contributed by atoms with E-state index in [2.05, 4.69) is 15.6 Å². The highest BCUT2D eigenvalue weighted by Crippen LogP contribution is 2.31. The lowest BCUT2D eigenvalue weighted by atomic mass is 9.81. The third-order valence-corrected chi connectivity index (χ3v) is 7.01. The van der Waals surface area contributed by atoms with Crippen LogP contribution in [0.1, 0.15) is 62.8 Å². The van der Waals surface area contributed by atoms with Crippen molar-refractivity contribution in [1.82, 2.24) is 15.2 Å². The second-order valence-electron chi connectivity index (χ2n) is 9.11. The topological polar surface area (TPSA) is 129 Å². The van der Waals surface area contributed by atoms with Gasteiger partial charge in [0.25, 0.3) is 0 Å². The molecule has 1 saturated carbocycles. The number of anilines is 1. The number of likely N-dealkylation sites (tertiary alicyclic amines) is 1. The number of piperidine rings is 2. The van der Waals surface area contributed by atoms with Crippen molar-refractivity contribution in [3.63, 3.8) is 0 Å². The van der Waals surface area contributed by atoms with Crippen LogP contribution in [0.25, 0.3) is 0 Å². The number of hydrogen-bond acceptors (Lipinski definition) is 6. The first-order valence-electron chi connectivity index (χ1n) is 11.5. The Kier molecular flexibility index (Phi) is 6.72. The smallest absolute Gasteiger partial charge is 0.306 e. The van der Waals surface area contributed by atoms with Crippen LogP contribution in [0.4, 0.5) is 5.82 Å². The summed E-state index contributed by atoms with van der Waals surface area (Å²) in [6.07, 6.45) is 6.69. The molecule has 1 aromatic heterocycles. The maximum absolute atomic E-state index is 12.8. The first-order chi connectivity index (χ1) is 15.4. The zero-order valence-corrected chi connectivity index (χ0v) is 18.1. The Morgan fingerprint density at radius 2 is 1.69 bits per heavy atom. The largest absolute Gasteiger partial charge is 0.481 e. The van der Waals surface area contributed by atoms with Crippen molar-refractivity contribution in [3.8, 4) is 0 Å². The normalized spacial score (nSPS) is 27.0. The Morgan fingerprint density at radius 1 is 1.00 bits per heavy atom.